The quantitative estimate of drug-likeness (QED) is 0.709. The molecule has 0 saturated heterocycles. The lowest BCUT2D eigenvalue weighted by Crippen LogP contribution is -2.39. The molecule has 0 saturated carbocycles. The van der Waals surface area contributed by atoms with Gasteiger partial charge in [0.25, 0.3) is 0 Å². The van der Waals surface area contributed by atoms with Gasteiger partial charge in [-0.2, -0.15) is 0 Å². The third kappa shape index (κ3) is 4.79. The second-order valence-corrected chi connectivity index (χ2v) is 11.8. The average molecular weight is 274 g/mol. The summed E-state index contributed by atoms with van der Waals surface area (Å²) < 4.78 is 0. The Balaban J connectivity index is 2.92. The van der Waals surface area contributed by atoms with Crippen molar-refractivity contribution in [2.75, 3.05) is 0 Å². The molecule has 104 valence electrons. The second-order valence-electron chi connectivity index (χ2n) is 6.71. The van der Waals surface area contributed by atoms with Crippen LogP contribution in [0.4, 0.5) is 0 Å². The van der Waals surface area contributed by atoms with Gasteiger partial charge in [0.05, 0.1) is 8.07 Å². The van der Waals surface area contributed by atoms with Gasteiger partial charge in [-0.05, 0) is 17.1 Å². The molecule has 0 fully saturated rings. The van der Waals surface area contributed by atoms with Gasteiger partial charge in [0.1, 0.15) is 5.78 Å². The summed E-state index contributed by atoms with van der Waals surface area (Å²) in [5, 5.41) is 1.40. The zero-order chi connectivity index (χ0) is 14.6. The van der Waals surface area contributed by atoms with Crippen molar-refractivity contribution in [2.45, 2.75) is 46.3 Å². The maximum Gasteiger partial charge on any atom is 0.137 e. The predicted molar refractivity (Wildman–Crippen MR) is 87.5 cm³/mol. The smallest absolute Gasteiger partial charge is 0.137 e. The van der Waals surface area contributed by atoms with Gasteiger partial charge in [-0.3, -0.25) is 4.79 Å². The van der Waals surface area contributed by atoms with Crippen molar-refractivity contribution in [3.8, 4) is 0 Å². The number of benzene rings is 1. The third-order valence-corrected chi connectivity index (χ3v) is 5.21. The number of allylic oxidation sites excluding steroid dienone is 1. The summed E-state index contributed by atoms with van der Waals surface area (Å²) >= 11 is 0. The highest BCUT2D eigenvalue weighted by Gasteiger charge is 2.21. The van der Waals surface area contributed by atoms with E-state index in [-0.39, 0.29) is 0 Å². The molecule has 0 aliphatic heterocycles. The van der Waals surface area contributed by atoms with Gasteiger partial charge in [0.2, 0.25) is 0 Å². The molecule has 1 aromatic carbocycles. The Labute approximate surface area is 118 Å². The largest absolute Gasteiger partial charge is 0.299 e. The van der Waals surface area contributed by atoms with Crippen LogP contribution in [0.5, 0.6) is 0 Å². The SMILES string of the molecule is C=C(CC(=O)CC(C)C)c1ccccc1[Si](C)(C)C. The Hall–Kier alpha value is -1.15. The number of carbonyl (C=O) groups excluding carboxylic acids is 1. The van der Waals surface area contributed by atoms with E-state index in [0.717, 1.165) is 5.57 Å². The van der Waals surface area contributed by atoms with E-state index in [1.54, 1.807) is 0 Å². The molecule has 1 rings (SSSR count). The lowest BCUT2D eigenvalue weighted by Gasteiger charge is -2.22. The van der Waals surface area contributed by atoms with E-state index in [0.29, 0.717) is 24.5 Å². The molecule has 0 aliphatic carbocycles. The lowest BCUT2D eigenvalue weighted by molar-refractivity contribution is -0.118. The molecule has 0 atom stereocenters. The van der Waals surface area contributed by atoms with E-state index >= 15 is 0 Å². The molecule has 0 amide bonds. The summed E-state index contributed by atoms with van der Waals surface area (Å²) in [6, 6.07) is 8.43. The number of rotatable bonds is 6. The van der Waals surface area contributed by atoms with Crippen LogP contribution in [0.2, 0.25) is 19.6 Å². The van der Waals surface area contributed by atoms with Crippen LogP contribution in [0, 0.1) is 5.92 Å². The van der Waals surface area contributed by atoms with Crippen LogP contribution in [0.15, 0.2) is 30.8 Å². The van der Waals surface area contributed by atoms with Crippen molar-refractivity contribution in [2.24, 2.45) is 5.92 Å². The standard InChI is InChI=1S/C17H26OSi/c1-13(2)11-15(18)12-14(3)16-9-7-8-10-17(16)19(4,5)6/h7-10,13H,3,11-12H2,1-2,4-6H3. The van der Waals surface area contributed by atoms with E-state index in [1.807, 2.05) is 6.07 Å². The van der Waals surface area contributed by atoms with Crippen molar-refractivity contribution in [3.63, 3.8) is 0 Å². The molecule has 0 unspecified atom stereocenters. The highest BCUT2D eigenvalue weighted by Crippen LogP contribution is 2.19. The van der Waals surface area contributed by atoms with Crippen molar-refractivity contribution in [1.82, 2.24) is 0 Å². The molecule has 19 heavy (non-hydrogen) atoms. The summed E-state index contributed by atoms with van der Waals surface area (Å²) in [5.41, 5.74) is 2.17. The van der Waals surface area contributed by atoms with Gasteiger partial charge in [-0.25, -0.2) is 0 Å². The number of ketones is 1. The van der Waals surface area contributed by atoms with Crippen LogP contribution in [0.1, 0.15) is 32.3 Å². The average Bonchev–Trinajstić information content (AvgIpc) is 2.26. The second kappa shape index (κ2) is 6.33. The highest BCUT2D eigenvalue weighted by atomic mass is 28.3. The lowest BCUT2D eigenvalue weighted by atomic mass is 9.97. The maximum absolute atomic E-state index is 11.9. The molecule has 0 spiro atoms. The number of hydrogen-bond donors (Lipinski definition) is 0. The molecule has 0 bridgehead atoms. The fourth-order valence-corrected chi connectivity index (χ4v) is 3.97. The molecule has 0 radical (unpaired) electrons. The number of carbonyl (C=O) groups is 1. The Bertz CT molecular complexity index is 466. The van der Waals surface area contributed by atoms with Gasteiger partial charge in [0.15, 0.2) is 0 Å². The molecular weight excluding hydrogens is 248 g/mol. The third-order valence-electron chi connectivity index (χ3n) is 3.16. The molecule has 0 heterocycles. The fourth-order valence-electron chi connectivity index (χ4n) is 2.31. The molecule has 0 N–H and O–H groups in total. The molecule has 0 aliphatic rings. The first-order valence-corrected chi connectivity index (χ1v) is 10.5. The Morgan fingerprint density at radius 2 is 1.79 bits per heavy atom. The van der Waals surface area contributed by atoms with Gasteiger partial charge in [-0.15, -0.1) is 0 Å². The Kier molecular flexibility index (Phi) is 5.30. The van der Waals surface area contributed by atoms with Crippen LogP contribution in [0.25, 0.3) is 5.57 Å². The van der Waals surface area contributed by atoms with E-state index in [2.05, 4.69) is 58.3 Å². The van der Waals surface area contributed by atoms with Gasteiger partial charge in [0, 0.05) is 12.8 Å². The normalized spacial score (nSPS) is 11.7. The minimum Gasteiger partial charge on any atom is -0.299 e. The molecule has 0 aromatic heterocycles. The van der Waals surface area contributed by atoms with Crippen LogP contribution < -0.4 is 5.19 Å². The highest BCUT2D eigenvalue weighted by molar-refractivity contribution is 6.89. The summed E-state index contributed by atoms with van der Waals surface area (Å²) in [4.78, 5) is 11.9. The summed E-state index contributed by atoms with van der Waals surface area (Å²) in [6.07, 6.45) is 1.13. The summed E-state index contributed by atoms with van der Waals surface area (Å²) in [7, 11) is -1.40. The minimum atomic E-state index is -1.40. The molecule has 1 nitrogen and oxygen atoms in total. The maximum atomic E-state index is 11.9. The summed E-state index contributed by atoms with van der Waals surface area (Å²) in [5.74, 6) is 0.720. The number of Topliss-reactive ketones (excluding diaryl/α,β-unsaturated/α-hetero) is 1. The Morgan fingerprint density at radius 3 is 2.32 bits per heavy atom. The van der Waals surface area contributed by atoms with Crippen LogP contribution in [0.3, 0.4) is 0 Å². The van der Waals surface area contributed by atoms with Gasteiger partial charge >= 0.3 is 0 Å². The monoisotopic (exact) mass is 274 g/mol. The minimum absolute atomic E-state index is 0.297. The first-order chi connectivity index (χ1) is 8.71. The molecule has 2 heteroatoms. The van der Waals surface area contributed by atoms with Gasteiger partial charge < -0.3 is 0 Å². The van der Waals surface area contributed by atoms with E-state index in [9.17, 15) is 4.79 Å². The van der Waals surface area contributed by atoms with E-state index in [4.69, 9.17) is 0 Å². The first-order valence-electron chi connectivity index (χ1n) is 7.01. The topological polar surface area (TPSA) is 17.1 Å². The molecular formula is C17H26OSi. The zero-order valence-corrected chi connectivity index (χ0v) is 13.9. The zero-order valence-electron chi connectivity index (χ0n) is 12.9. The van der Waals surface area contributed by atoms with E-state index in [1.165, 1.54) is 10.8 Å². The first kappa shape index (κ1) is 15.9. The Morgan fingerprint density at radius 1 is 1.21 bits per heavy atom. The van der Waals surface area contributed by atoms with Crippen LogP contribution in [-0.2, 0) is 4.79 Å². The van der Waals surface area contributed by atoms with Gasteiger partial charge in [-0.1, -0.05) is 69.5 Å². The van der Waals surface area contributed by atoms with Crippen molar-refractivity contribution in [3.05, 3.63) is 36.4 Å². The fraction of sp³-hybridized carbons (Fsp3) is 0.471. The van der Waals surface area contributed by atoms with Crippen molar-refractivity contribution in [1.29, 1.82) is 0 Å². The van der Waals surface area contributed by atoms with Crippen molar-refractivity contribution < 1.29 is 4.79 Å². The van der Waals surface area contributed by atoms with Crippen LogP contribution >= 0.6 is 0 Å². The summed E-state index contributed by atoms with van der Waals surface area (Å²) in [6.45, 7) is 15.3. The van der Waals surface area contributed by atoms with Crippen molar-refractivity contribution >= 4 is 24.6 Å². The number of hydrogen-bond acceptors (Lipinski definition) is 1. The van der Waals surface area contributed by atoms with E-state index < -0.39 is 8.07 Å². The predicted octanol–water partition coefficient (Wildman–Crippen LogP) is 4.25. The van der Waals surface area contributed by atoms with Crippen LogP contribution in [-0.4, -0.2) is 13.9 Å². The molecule has 1 aromatic rings.